The fourth-order valence-corrected chi connectivity index (χ4v) is 4.33. The smallest absolute Gasteiger partial charge is 0.253 e. The molecule has 0 saturated carbocycles. The lowest BCUT2D eigenvalue weighted by Crippen LogP contribution is -2.49. The molecule has 1 unspecified atom stereocenters. The first kappa shape index (κ1) is 21.9. The summed E-state index contributed by atoms with van der Waals surface area (Å²) in [5.74, 6) is -0.466. The van der Waals surface area contributed by atoms with E-state index in [9.17, 15) is 14.4 Å². The fourth-order valence-electron chi connectivity index (χ4n) is 3.96. The number of piperidine rings is 1. The first-order valence-corrected chi connectivity index (χ1v) is 10.7. The minimum Gasteiger partial charge on any atom is -0.349 e. The molecule has 1 aromatic rings. The quantitative estimate of drug-likeness (QED) is 0.784. The first-order chi connectivity index (χ1) is 13.6. The lowest BCUT2D eigenvalue weighted by Gasteiger charge is -2.35. The van der Waals surface area contributed by atoms with Gasteiger partial charge in [0.05, 0.1) is 16.5 Å². The molecule has 2 saturated heterocycles. The van der Waals surface area contributed by atoms with Gasteiger partial charge in [0, 0.05) is 42.7 Å². The van der Waals surface area contributed by atoms with Gasteiger partial charge >= 0.3 is 0 Å². The van der Waals surface area contributed by atoms with Crippen molar-refractivity contribution in [2.45, 2.75) is 51.6 Å². The van der Waals surface area contributed by atoms with Gasteiger partial charge < -0.3 is 15.1 Å². The Morgan fingerprint density at radius 2 is 1.79 bits per heavy atom. The number of nitrogens with zero attached hydrogens (tertiary/aromatic N) is 2. The molecule has 2 fully saturated rings. The molecule has 0 aliphatic carbocycles. The van der Waals surface area contributed by atoms with Crippen LogP contribution in [0, 0.1) is 5.92 Å². The number of hydrogen-bond donors (Lipinski definition) is 1. The topological polar surface area (TPSA) is 69.7 Å². The molecule has 2 heterocycles. The average Bonchev–Trinajstić information content (AvgIpc) is 3.06. The van der Waals surface area contributed by atoms with Gasteiger partial charge in [0.25, 0.3) is 5.91 Å². The Balaban J connectivity index is 1.53. The molecule has 3 amide bonds. The number of rotatable bonds is 3. The maximum Gasteiger partial charge on any atom is 0.253 e. The summed E-state index contributed by atoms with van der Waals surface area (Å²) in [5.41, 5.74) is 0.0785. The predicted molar refractivity (Wildman–Crippen MR) is 113 cm³/mol. The number of amides is 3. The number of likely N-dealkylation sites (tertiary alicyclic amines) is 2. The number of nitrogens with one attached hydrogen (secondary N) is 1. The van der Waals surface area contributed by atoms with Crippen LogP contribution >= 0.6 is 23.2 Å². The van der Waals surface area contributed by atoms with Crippen molar-refractivity contribution in [1.29, 1.82) is 0 Å². The Bertz CT molecular complexity index is 814. The van der Waals surface area contributed by atoms with Gasteiger partial charge in [-0.1, -0.05) is 23.2 Å². The molecular formula is C21H27Cl2N3O3. The summed E-state index contributed by atoms with van der Waals surface area (Å²) >= 11 is 12.1. The van der Waals surface area contributed by atoms with Crippen LogP contribution in [0.5, 0.6) is 0 Å². The lowest BCUT2D eigenvalue weighted by atomic mass is 10.0. The molecule has 1 aromatic carbocycles. The van der Waals surface area contributed by atoms with Crippen molar-refractivity contribution in [3.05, 3.63) is 33.8 Å². The van der Waals surface area contributed by atoms with Crippen molar-refractivity contribution >= 4 is 40.9 Å². The summed E-state index contributed by atoms with van der Waals surface area (Å²) in [5, 5.41) is 3.79. The van der Waals surface area contributed by atoms with Crippen molar-refractivity contribution in [3.63, 3.8) is 0 Å². The highest BCUT2D eigenvalue weighted by Crippen LogP contribution is 2.28. The molecule has 2 aliphatic rings. The van der Waals surface area contributed by atoms with Crippen molar-refractivity contribution in [1.82, 2.24) is 15.1 Å². The van der Waals surface area contributed by atoms with Crippen LogP contribution in [-0.4, -0.2) is 58.7 Å². The highest BCUT2D eigenvalue weighted by molar-refractivity contribution is 6.35. The zero-order valence-electron chi connectivity index (χ0n) is 17.0. The monoisotopic (exact) mass is 439 g/mol. The molecule has 29 heavy (non-hydrogen) atoms. The summed E-state index contributed by atoms with van der Waals surface area (Å²) in [7, 11) is 0. The highest BCUT2D eigenvalue weighted by Gasteiger charge is 2.41. The molecule has 2 aliphatic heterocycles. The van der Waals surface area contributed by atoms with Gasteiger partial charge in [0.2, 0.25) is 11.8 Å². The van der Waals surface area contributed by atoms with Crippen LogP contribution in [0.25, 0.3) is 0 Å². The molecule has 0 spiro atoms. The van der Waals surface area contributed by atoms with Crippen LogP contribution in [0.15, 0.2) is 18.2 Å². The Morgan fingerprint density at radius 1 is 1.14 bits per heavy atom. The molecule has 0 bridgehead atoms. The molecule has 8 heteroatoms. The molecule has 1 atom stereocenters. The largest absolute Gasteiger partial charge is 0.349 e. The van der Waals surface area contributed by atoms with Crippen LogP contribution in [0.2, 0.25) is 10.0 Å². The van der Waals surface area contributed by atoms with Gasteiger partial charge in [0.15, 0.2) is 0 Å². The van der Waals surface area contributed by atoms with Gasteiger partial charge in [-0.2, -0.15) is 0 Å². The SMILES string of the molecule is CC(C)(C)N1CC(C(=O)N2CCC(NC(=O)c3cc(Cl)ccc3Cl)CC2)CC1=O. The van der Waals surface area contributed by atoms with E-state index < -0.39 is 0 Å². The van der Waals surface area contributed by atoms with E-state index in [-0.39, 0.29) is 41.6 Å². The van der Waals surface area contributed by atoms with Gasteiger partial charge in [-0.15, -0.1) is 0 Å². The van der Waals surface area contributed by atoms with Gasteiger partial charge in [-0.25, -0.2) is 0 Å². The summed E-state index contributed by atoms with van der Waals surface area (Å²) in [6.45, 7) is 7.56. The molecule has 3 rings (SSSR count). The number of carbonyl (C=O) groups is 3. The first-order valence-electron chi connectivity index (χ1n) is 9.91. The van der Waals surface area contributed by atoms with Crippen LogP contribution in [0.4, 0.5) is 0 Å². The van der Waals surface area contributed by atoms with E-state index in [1.54, 1.807) is 23.1 Å². The molecular weight excluding hydrogens is 413 g/mol. The van der Waals surface area contributed by atoms with Gasteiger partial charge in [-0.05, 0) is 51.8 Å². The normalized spacial score (nSPS) is 20.9. The van der Waals surface area contributed by atoms with Crippen molar-refractivity contribution in [2.24, 2.45) is 5.92 Å². The maximum atomic E-state index is 12.9. The summed E-state index contributed by atoms with van der Waals surface area (Å²) in [6.07, 6.45) is 1.61. The van der Waals surface area contributed by atoms with Crippen molar-refractivity contribution in [3.8, 4) is 0 Å². The van der Waals surface area contributed by atoms with Crippen LogP contribution in [0.3, 0.4) is 0 Å². The fraction of sp³-hybridized carbons (Fsp3) is 0.571. The van der Waals surface area contributed by atoms with E-state index in [2.05, 4.69) is 5.32 Å². The Hall–Kier alpha value is -1.79. The number of benzene rings is 1. The Labute approximate surface area is 181 Å². The summed E-state index contributed by atoms with van der Waals surface area (Å²) < 4.78 is 0. The second-order valence-corrected chi connectivity index (χ2v) is 9.62. The third-order valence-corrected chi connectivity index (χ3v) is 6.16. The number of carbonyl (C=O) groups excluding carboxylic acids is 3. The summed E-state index contributed by atoms with van der Waals surface area (Å²) in [6, 6.07) is 4.76. The lowest BCUT2D eigenvalue weighted by molar-refractivity contribution is -0.136. The van der Waals surface area contributed by atoms with E-state index in [1.807, 2.05) is 25.7 Å². The van der Waals surface area contributed by atoms with Gasteiger partial charge in [-0.3, -0.25) is 14.4 Å². The Kier molecular flexibility index (Phi) is 6.44. The number of hydrogen-bond acceptors (Lipinski definition) is 3. The van der Waals surface area contributed by atoms with E-state index >= 15 is 0 Å². The standard InChI is InChI=1S/C21H27Cl2N3O3/c1-21(2,3)26-12-13(10-18(26)27)20(29)25-8-6-15(7-9-25)24-19(28)16-11-14(22)4-5-17(16)23/h4-5,11,13,15H,6-10,12H2,1-3H3,(H,24,28). The zero-order valence-corrected chi connectivity index (χ0v) is 18.5. The van der Waals surface area contributed by atoms with E-state index in [0.29, 0.717) is 48.1 Å². The third kappa shape index (κ3) is 5.04. The molecule has 0 aromatic heterocycles. The average molecular weight is 440 g/mol. The molecule has 0 radical (unpaired) electrons. The van der Waals surface area contributed by atoms with E-state index in [0.717, 1.165) is 0 Å². The van der Waals surface area contributed by atoms with Crippen LogP contribution in [0.1, 0.15) is 50.4 Å². The highest BCUT2D eigenvalue weighted by atomic mass is 35.5. The second-order valence-electron chi connectivity index (χ2n) is 8.77. The van der Waals surface area contributed by atoms with E-state index in [1.165, 1.54) is 0 Å². The van der Waals surface area contributed by atoms with Crippen LogP contribution in [-0.2, 0) is 9.59 Å². The molecule has 158 valence electrons. The van der Waals surface area contributed by atoms with Crippen LogP contribution < -0.4 is 5.32 Å². The maximum absolute atomic E-state index is 12.9. The van der Waals surface area contributed by atoms with E-state index in [4.69, 9.17) is 23.2 Å². The molecule has 6 nitrogen and oxygen atoms in total. The Morgan fingerprint density at radius 3 is 2.38 bits per heavy atom. The van der Waals surface area contributed by atoms with Gasteiger partial charge in [0.1, 0.15) is 0 Å². The predicted octanol–water partition coefficient (Wildman–Crippen LogP) is 3.36. The minimum atomic E-state index is -0.280. The minimum absolute atomic E-state index is 0.0297. The van der Waals surface area contributed by atoms with Crippen molar-refractivity contribution < 1.29 is 14.4 Å². The molecule has 1 N–H and O–H groups in total. The second kappa shape index (κ2) is 8.52. The third-order valence-electron chi connectivity index (χ3n) is 5.60. The summed E-state index contributed by atoms with van der Waals surface area (Å²) in [4.78, 5) is 41.3. The zero-order chi connectivity index (χ0) is 21.3. The van der Waals surface area contributed by atoms with Crippen molar-refractivity contribution in [2.75, 3.05) is 19.6 Å². The number of halogens is 2.